The number of aliphatic hydroxyl groups is 3. The van der Waals surface area contributed by atoms with Crippen molar-refractivity contribution in [3.63, 3.8) is 0 Å². The van der Waals surface area contributed by atoms with Crippen LogP contribution in [0.15, 0.2) is 47.2 Å². The van der Waals surface area contributed by atoms with Gasteiger partial charge in [0.2, 0.25) is 5.78 Å². The quantitative estimate of drug-likeness (QED) is 0.287. The van der Waals surface area contributed by atoms with E-state index in [1.807, 2.05) is 12.1 Å². The lowest BCUT2D eigenvalue weighted by molar-refractivity contribution is -0.153. The average molecular weight is 578 g/mol. The highest BCUT2D eigenvalue weighted by atomic mass is 19.1. The first-order valence-corrected chi connectivity index (χ1v) is 13.8. The number of ketones is 2. The second-order valence-corrected chi connectivity index (χ2v) is 11.9. The van der Waals surface area contributed by atoms with Crippen molar-refractivity contribution < 1.29 is 39.2 Å². The number of nitrogens with two attached hydrogens (primary N) is 1. The van der Waals surface area contributed by atoms with Gasteiger partial charge in [-0.25, -0.2) is 4.39 Å². The van der Waals surface area contributed by atoms with Gasteiger partial charge in [-0.05, 0) is 62.9 Å². The number of rotatable bonds is 5. The van der Waals surface area contributed by atoms with Crippen LogP contribution in [0.1, 0.15) is 34.2 Å². The van der Waals surface area contributed by atoms with Crippen molar-refractivity contribution in [2.75, 3.05) is 14.1 Å². The highest BCUT2D eigenvalue weighted by molar-refractivity contribution is 6.24. The van der Waals surface area contributed by atoms with Gasteiger partial charge >= 0.3 is 0 Å². The minimum Gasteiger partial charge on any atom is -0.508 e. The van der Waals surface area contributed by atoms with Gasteiger partial charge in [0.15, 0.2) is 11.4 Å². The molecule has 11 heteroatoms. The number of carbonyl (C=O) groups is 3. The molecule has 220 valence electrons. The average Bonchev–Trinajstić information content (AvgIpc) is 3.34. The van der Waals surface area contributed by atoms with Crippen LogP contribution >= 0.6 is 0 Å². The molecule has 0 radical (unpaired) electrons. The van der Waals surface area contributed by atoms with E-state index in [2.05, 4.69) is 17.4 Å². The first-order chi connectivity index (χ1) is 19.9. The van der Waals surface area contributed by atoms with Crippen molar-refractivity contribution >= 4 is 23.2 Å². The van der Waals surface area contributed by atoms with Crippen molar-refractivity contribution in [3.05, 3.63) is 80.9 Å². The Hall–Kier alpha value is -4.06. The number of fused-ring (bicyclic) bond motifs is 4. The van der Waals surface area contributed by atoms with E-state index >= 15 is 4.39 Å². The molecule has 1 fully saturated rings. The number of hydrogen-bond donors (Lipinski definition) is 6. The van der Waals surface area contributed by atoms with Crippen LogP contribution in [0.4, 0.5) is 4.39 Å². The number of Topliss-reactive ketones (excluding diaryl/α,β-unsaturated/α-hetero) is 2. The number of likely N-dealkylation sites (N-methyl/N-ethyl adjacent to an activating group) is 1. The number of aliphatic hydroxyl groups excluding tert-OH is 2. The van der Waals surface area contributed by atoms with Crippen molar-refractivity contribution in [2.45, 2.75) is 49.9 Å². The minimum absolute atomic E-state index is 0.0205. The van der Waals surface area contributed by atoms with Crippen LogP contribution in [0.5, 0.6) is 5.75 Å². The maximum absolute atomic E-state index is 16.0. The zero-order valence-electron chi connectivity index (χ0n) is 23.1. The van der Waals surface area contributed by atoms with Gasteiger partial charge in [0, 0.05) is 35.2 Å². The summed E-state index contributed by atoms with van der Waals surface area (Å²) in [4.78, 5) is 40.6. The molecule has 4 aliphatic carbocycles. The molecule has 0 saturated heterocycles. The number of benzene rings is 2. The Kier molecular flexibility index (Phi) is 6.52. The predicted molar refractivity (Wildman–Crippen MR) is 149 cm³/mol. The standard InChI is InChI=1S/C31H32FN3O7/c1-35(2)25-19-10-15-9-18-22(26(37)21(15)28(39)31(19,42)29(40)23(27(25)38)30(33)41)20(36)11-16(24(18)32)12-34-17-7-13-5-3-4-6-14(13)8-17/h3-6,11,15,17,19,25,34,36-37,40,42H,7-10,12H2,1-2H3,(H2,33,41)/t15-,19-,25-,31-/m0/s1. The Morgan fingerprint density at radius 3 is 2.36 bits per heavy atom. The molecule has 0 aliphatic heterocycles. The van der Waals surface area contributed by atoms with Crippen molar-refractivity contribution in [2.24, 2.45) is 17.6 Å². The molecule has 10 nitrogen and oxygen atoms in total. The third kappa shape index (κ3) is 3.91. The Balaban J connectivity index is 1.37. The molecule has 0 heterocycles. The van der Waals surface area contributed by atoms with Crippen LogP contribution in [0.25, 0.3) is 5.76 Å². The van der Waals surface area contributed by atoms with Gasteiger partial charge in [0.25, 0.3) is 5.91 Å². The van der Waals surface area contributed by atoms with Crippen LogP contribution in [0.2, 0.25) is 0 Å². The van der Waals surface area contributed by atoms with Crippen molar-refractivity contribution in [3.8, 4) is 5.75 Å². The number of halogens is 1. The summed E-state index contributed by atoms with van der Waals surface area (Å²) in [5.41, 5.74) is 3.82. The lowest BCUT2D eigenvalue weighted by Crippen LogP contribution is -2.65. The molecular formula is C31H32FN3O7. The van der Waals surface area contributed by atoms with E-state index in [9.17, 15) is 34.8 Å². The van der Waals surface area contributed by atoms with E-state index in [1.54, 1.807) is 0 Å². The molecule has 2 aromatic carbocycles. The fraction of sp³-hybridized carbons (Fsp3) is 0.387. The lowest BCUT2D eigenvalue weighted by atomic mass is 9.57. The Morgan fingerprint density at radius 2 is 1.76 bits per heavy atom. The Morgan fingerprint density at radius 1 is 1.12 bits per heavy atom. The molecule has 0 aromatic heterocycles. The summed E-state index contributed by atoms with van der Waals surface area (Å²) in [6.45, 7) is 0.125. The normalized spacial score (nSPS) is 27.2. The Bertz CT molecular complexity index is 1610. The molecule has 42 heavy (non-hydrogen) atoms. The first kappa shape index (κ1) is 28.1. The maximum atomic E-state index is 16.0. The SMILES string of the molecule is CN(C)[C@@H]1C(=O)C(C(N)=O)=C(O)[C@@]2(O)C(=O)C3=C(O)c4c(O)cc(CNC5Cc6ccccc6C5)c(F)c4C[C@H]3C[C@@H]12. The summed E-state index contributed by atoms with van der Waals surface area (Å²) < 4.78 is 16.0. The summed E-state index contributed by atoms with van der Waals surface area (Å²) >= 11 is 0. The summed E-state index contributed by atoms with van der Waals surface area (Å²) in [6, 6.07) is 8.17. The first-order valence-electron chi connectivity index (χ1n) is 13.8. The molecule has 1 saturated carbocycles. The van der Waals surface area contributed by atoms with Crippen LogP contribution in [0, 0.1) is 17.7 Å². The molecule has 1 amide bonds. The lowest BCUT2D eigenvalue weighted by Gasteiger charge is -2.50. The number of hydrogen-bond acceptors (Lipinski definition) is 9. The van der Waals surface area contributed by atoms with Crippen LogP contribution in [0.3, 0.4) is 0 Å². The second-order valence-electron chi connectivity index (χ2n) is 11.9. The van der Waals surface area contributed by atoms with E-state index in [-0.39, 0.29) is 47.7 Å². The fourth-order valence-corrected chi connectivity index (χ4v) is 7.43. The van der Waals surface area contributed by atoms with Gasteiger partial charge in [0.1, 0.15) is 28.7 Å². The molecular weight excluding hydrogens is 545 g/mol. The zero-order valence-corrected chi connectivity index (χ0v) is 23.1. The second kappa shape index (κ2) is 9.75. The molecule has 2 aromatic rings. The Labute approximate surface area is 240 Å². The number of aromatic hydroxyl groups is 1. The molecule has 4 atom stereocenters. The minimum atomic E-state index is -2.73. The van der Waals surface area contributed by atoms with E-state index in [1.165, 1.54) is 36.2 Å². The predicted octanol–water partition coefficient (Wildman–Crippen LogP) is 1.36. The molecule has 0 bridgehead atoms. The van der Waals surface area contributed by atoms with E-state index in [0.717, 1.165) is 12.8 Å². The molecule has 0 spiro atoms. The van der Waals surface area contributed by atoms with Crippen molar-refractivity contribution in [1.82, 2.24) is 10.2 Å². The third-order valence-corrected chi connectivity index (χ3v) is 9.36. The monoisotopic (exact) mass is 577 g/mol. The summed E-state index contributed by atoms with van der Waals surface area (Å²) in [7, 11) is 3.04. The number of primary amides is 1. The van der Waals surface area contributed by atoms with Crippen molar-refractivity contribution in [1.29, 1.82) is 0 Å². The van der Waals surface area contributed by atoms with E-state index in [0.29, 0.717) is 0 Å². The molecule has 6 rings (SSSR count). The zero-order chi connectivity index (χ0) is 30.2. The summed E-state index contributed by atoms with van der Waals surface area (Å²) in [5, 5.41) is 48.1. The van der Waals surface area contributed by atoms with Gasteiger partial charge in [0.05, 0.1) is 11.6 Å². The summed E-state index contributed by atoms with van der Waals surface area (Å²) in [5.74, 6) is -8.28. The maximum Gasteiger partial charge on any atom is 0.255 e. The molecule has 4 aliphatic rings. The van der Waals surface area contributed by atoms with Gasteiger partial charge < -0.3 is 31.5 Å². The van der Waals surface area contributed by atoms with E-state index in [4.69, 9.17) is 5.73 Å². The highest BCUT2D eigenvalue weighted by Gasteiger charge is 2.64. The topological polar surface area (TPSA) is 173 Å². The van der Waals surface area contributed by atoms with Gasteiger partial charge in [-0.2, -0.15) is 0 Å². The number of nitrogens with one attached hydrogen (secondary N) is 1. The molecule has 7 N–H and O–H groups in total. The number of phenolic OH excluding ortho intramolecular Hbond substituents is 1. The number of amides is 1. The number of nitrogens with zero attached hydrogens (tertiary/aromatic N) is 1. The highest BCUT2D eigenvalue weighted by Crippen LogP contribution is 2.53. The van der Waals surface area contributed by atoms with Crippen LogP contribution in [-0.4, -0.2) is 74.6 Å². The van der Waals surface area contributed by atoms with Gasteiger partial charge in [-0.1, -0.05) is 24.3 Å². The van der Waals surface area contributed by atoms with Crippen LogP contribution < -0.4 is 11.1 Å². The number of phenols is 1. The largest absolute Gasteiger partial charge is 0.508 e. The molecule has 0 unspecified atom stereocenters. The summed E-state index contributed by atoms with van der Waals surface area (Å²) in [6.07, 6.45) is 1.38. The van der Waals surface area contributed by atoms with E-state index < -0.39 is 69.6 Å². The van der Waals surface area contributed by atoms with Gasteiger partial charge in [-0.3, -0.25) is 19.3 Å². The number of carbonyl (C=O) groups excluding carboxylic acids is 3. The third-order valence-electron chi connectivity index (χ3n) is 9.36. The fourth-order valence-electron chi connectivity index (χ4n) is 7.43. The van der Waals surface area contributed by atoms with Crippen LogP contribution in [-0.2, 0) is 40.2 Å². The van der Waals surface area contributed by atoms with Gasteiger partial charge in [-0.15, -0.1) is 0 Å². The smallest absolute Gasteiger partial charge is 0.255 e.